The van der Waals surface area contributed by atoms with Gasteiger partial charge in [0.15, 0.2) is 11.5 Å². The minimum absolute atomic E-state index is 0.172. The van der Waals surface area contributed by atoms with E-state index in [0.717, 1.165) is 5.56 Å². The quantitative estimate of drug-likeness (QED) is 0.943. The van der Waals surface area contributed by atoms with Gasteiger partial charge in [0.2, 0.25) is 0 Å². The van der Waals surface area contributed by atoms with E-state index in [1.54, 1.807) is 31.4 Å². The Balaban J connectivity index is 1.75. The average Bonchev–Trinajstić information content (AvgIpc) is 2.55. The van der Waals surface area contributed by atoms with E-state index in [9.17, 15) is 4.79 Å². The molecule has 0 spiro atoms. The number of benzene rings is 2. The van der Waals surface area contributed by atoms with Crippen molar-refractivity contribution in [3.63, 3.8) is 0 Å². The maximum atomic E-state index is 12.3. The SMILES string of the molecule is COCc1cccc(C(=O)Nc2ccc3c(c2)OCCO3)c1. The van der Waals surface area contributed by atoms with Crippen LogP contribution in [-0.4, -0.2) is 26.2 Å². The first-order valence-electron chi connectivity index (χ1n) is 7.05. The van der Waals surface area contributed by atoms with E-state index in [2.05, 4.69) is 5.32 Å². The van der Waals surface area contributed by atoms with E-state index in [0.29, 0.717) is 42.6 Å². The number of hydrogen-bond donors (Lipinski definition) is 1. The number of nitrogens with one attached hydrogen (secondary N) is 1. The van der Waals surface area contributed by atoms with Crippen molar-refractivity contribution in [3.05, 3.63) is 53.6 Å². The Hall–Kier alpha value is -2.53. The molecule has 1 aliphatic heterocycles. The Morgan fingerprint density at radius 2 is 1.95 bits per heavy atom. The van der Waals surface area contributed by atoms with Crippen molar-refractivity contribution >= 4 is 11.6 Å². The third-order valence-corrected chi connectivity index (χ3v) is 3.30. The molecule has 0 fully saturated rings. The molecule has 3 rings (SSSR count). The highest BCUT2D eigenvalue weighted by molar-refractivity contribution is 6.04. The number of hydrogen-bond acceptors (Lipinski definition) is 4. The predicted molar refractivity (Wildman–Crippen MR) is 82.5 cm³/mol. The monoisotopic (exact) mass is 299 g/mol. The highest BCUT2D eigenvalue weighted by atomic mass is 16.6. The molecule has 0 radical (unpaired) electrons. The Bertz CT molecular complexity index is 684. The second-order valence-corrected chi connectivity index (χ2v) is 4.95. The molecule has 1 aliphatic rings. The lowest BCUT2D eigenvalue weighted by Gasteiger charge is -2.19. The molecule has 114 valence electrons. The summed E-state index contributed by atoms with van der Waals surface area (Å²) in [5, 5.41) is 2.86. The largest absolute Gasteiger partial charge is 0.486 e. The molecule has 0 bridgehead atoms. The molecular weight excluding hydrogens is 282 g/mol. The fourth-order valence-electron chi connectivity index (χ4n) is 2.29. The van der Waals surface area contributed by atoms with Crippen molar-refractivity contribution in [1.29, 1.82) is 0 Å². The molecule has 1 amide bonds. The summed E-state index contributed by atoms with van der Waals surface area (Å²) in [6, 6.07) is 12.7. The van der Waals surface area contributed by atoms with E-state index in [4.69, 9.17) is 14.2 Å². The minimum Gasteiger partial charge on any atom is -0.486 e. The first kappa shape index (κ1) is 14.4. The highest BCUT2D eigenvalue weighted by Gasteiger charge is 2.13. The topological polar surface area (TPSA) is 56.8 Å². The van der Waals surface area contributed by atoms with E-state index in [-0.39, 0.29) is 5.91 Å². The van der Waals surface area contributed by atoms with Crippen molar-refractivity contribution in [2.24, 2.45) is 0 Å². The van der Waals surface area contributed by atoms with Crippen LogP contribution in [0.25, 0.3) is 0 Å². The van der Waals surface area contributed by atoms with Crippen LogP contribution in [0, 0.1) is 0 Å². The fraction of sp³-hybridized carbons (Fsp3) is 0.235. The van der Waals surface area contributed by atoms with Gasteiger partial charge in [-0.2, -0.15) is 0 Å². The van der Waals surface area contributed by atoms with E-state index >= 15 is 0 Å². The van der Waals surface area contributed by atoms with Crippen molar-refractivity contribution in [2.75, 3.05) is 25.6 Å². The number of carbonyl (C=O) groups is 1. The average molecular weight is 299 g/mol. The second-order valence-electron chi connectivity index (χ2n) is 4.95. The molecule has 0 unspecified atom stereocenters. The number of rotatable bonds is 4. The van der Waals surface area contributed by atoms with Gasteiger partial charge in [0.25, 0.3) is 5.91 Å². The van der Waals surface area contributed by atoms with Gasteiger partial charge in [-0.3, -0.25) is 4.79 Å². The molecular formula is C17H17NO4. The standard InChI is InChI=1S/C17H17NO4/c1-20-11-12-3-2-4-13(9-12)17(19)18-14-5-6-15-16(10-14)22-8-7-21-15/h2-6,9-10H,7-8,11H2,1H3,(H,18,19). The molecule has 5 heteroatoms. The molecule has 2 aromatic rings. The lowest BCUT2D eigenvalue weighted by molar-refractivity contribution is 0.102. The maximum absolute atomic E-state index is 12.3. The Labute approximate surface area is 128 Å². The summed E-state index contributed by atoms with van der Waals surface area (Å²) in [7, 11) is 1.63. The van der Waals surface area contributed by atoms with Crippen LogP contribution in [0.3, 0.4) is 0 Å². The first-order chi connectivity index (χ1) is 10.8. The van der Waals surface area contributed by atoms with Crippen LogP contribution < -0.4 is 14.8 Å². The smallest absolute Gasteiger partial charge is 0.255 e. The number of amides is 1. The van der Waals surface area contributed by atoms with Crippen molar-refractivity contribution in [3.8, 4) is 11.5 Å². The summed E-state index contributed by atoms with van der Waals surface area (Å²) in [5.74, 6) is 1.18. The molecule has 1 N–H and O–H groups in total. The summed E-state index contributed by atoms with van der Waals surface area (Å²) < 4.78 is 16.0. The number of anilines is 1. The fourth-order valence-corrected chi connectivity index (χ4v) is 2.29. The molecule has 0 saturated carbocycles. The molecule has 2 aromatic carbocycles. The molecule has 0 atom stereocenters. The lowest BCUT2D eigenvalue weighted by Crippen LogP contribution is -2.16. The summed E-state index contributed by atoms with van der Waals surface area (Å²) in [4.78, 5) is 12.3. The van der Waals surface area contributed by atoms with Crippen LogP contribution in [0.1, 0.15) is 15.9 Å². The minimum atomic E-state index is -0.172. The molecule has 0 saturated heterocycles. The molecule has 1 heterocycles. The lowest BCUT2D eigenvalue weighted by atomic mass is 10.1. The predicted octanol–water partition coefficient (Wildman–Crippen LogP) is 2.86. The van der Waals surface area contributed by atoms with Crippen LogP contribution in [-0.2, 0) is 11.3 Å². The maximum Gasteiger partial charge on any atom is 0.255 e. The number of fused-ring (bicyclic) bond motifs is 1. The Kier molecular flexibility index (Phi) is 4.25. The molecule has 5 nitrogen and oxygen atoms in total. The van der Waals surface area contributed by atoms with E-state index < -0.39 is 0 Å². The Morgan fingerprint density at radius 1 is 1.14 bits per heavy atom. The van der Waals surface area contributed by atoms with Gasteiger partial charge in [-0.25, -0.2) is 0 Å². The van der Waals surface area contributed by atoms with E-state index in [1.165, 1.54) is 0 Å². The summed E-state index contributed by atoms with van der Waals surface area (Å²) in [5.41, 5.74) is 2.22. The van der Waals surface area contributed by atoms with Crippen LogP contribution in [0.4, 0.5) is 5.69 Å². The highest BCUT2D eigenvalue weighted by Crippen LogP contribution is 2.32. The van der Waals surface area contributed by atoms with Gasteiger partial charge in [-0.05, 0) is 29.8 Å². The zero-order valence-corrected chi connectivity index (χ0v) is 12.3. The third kappa shape index (κ3) is 3.20. The van der Waals surface area contributed by atoms with Crippen LogP contribution >= 0.6 is 0 Å². The van der Waals surface area contributed by atoms with Crippen molar-refractivity contribution in [1.82, 2.24) is 0 Å². The van der Waals surface area contributed by atoms with E-state index in [1.807, 2.05) is 18.2 Å². The van der Waals surface area contributed by atoms with Gasteiger partial charge in [-0.1, -0.05) is 12.1 Å². The first-order valence-corrected chi connectivity index (χ1v) is 7.05. The molecule has 0 aromatic heterocycles. The van der Waals surface area contributed by atoms with Gasteiger partial charge in [0.05, 0.1) is 6.61 Å². The van der Waals surface area contributed by atoms with Gasteiger partial charge in [-0.15, -0.1) is 0 Å². The summed E-state index contributed by atoms with van der Waals surface area (Å²) in [6.07, 6.45) is 0. The summed E-state index contributed by atoms with van der Waals surface area (Å²) in [6.45, 7) is 1.54. The zero-order chi connectivity index (χ0) is 15.4. The van der Waals surface area contributed by atoms with Gasteiger partial charge in [0.1, 0.15) is 13.2 Å². The van der Waals surface area contributed by atoms with Gasteiger partial charge >= 0.3 is 0 Å². The van der Waals surface area contributed by atoms with Crippen LogP contribution in [0.5, 0.6) is 11.5 Å². The third-order valence-electron chi connectivity index (χ3n) is 3.30. The van der Waals surface area contributed by atoms with Crippen molar-refractivity contribution in [2.45, 2.75) is 6.61 Å². The van der Waals surface area contributed by atoms with Gasteiger partial charge < -0.3 is 19.5 Å². The number of carbonyl (C=O) groups excluding carboxylic acids is 1. The van der Waals surface area contributed by atoms with Crippen LogP contribution in [0.15, 0.2) is 42.5 Å². The Morgan fingerprint density at radius 3 is 2.77 bits per heavy atom. The molecule has 22 heavy (non-hydrogen) atoms. The normalized spacial score (nSPS) is 12.8. The zero-order valence-electron chi connectivity index (χ0n) is 12.3. The summed E-state index contributed by atoms with van der Waals surface area (Å²) >= 11 is 0. The van der Waals surface area contributed by atoms with Crippen LogP contribution in [0.2, 0.25) is 0 Å². The second kappa shape index (κ2) is 6.49. The molecule has 0 aliphatic carbocycles. The number of ether oxygens (including phenoxy) is 3. The van der Waals surface area contributed by atoms with Crippen molar-refractivity contribution < 1.29 is 19.0 Å². The van der Waals surface area contributed by atoms with Gasteiger partial charge in [0, 0.05) is 24.4 Å². The number of methoxy groups -OCH3 is 1.